The molecule has 13 nitrogen and oxygen atoms in total. The number of amides is 2. The minimum Gasteiger partial charge on any atom is -0.348 e. The highest BCUT2D eigenvalue weighted by molar-refractivity contribution is 7.98. The van der Waals surface area contributed by atoms with E-state index in [2.05, 4.69) is 30.6 Å². The van der Waals surface area contributed by atoms with Gasteiger partial charge in [-0.3, -0.25) is 32.5 Å². The Bertz CT molecular complexity index is 4050. The first-order chi connectivity index (χ1) is 37.1. The number of carbonyl (C=O) groups excluding carboxylic acids is 2. The topological polar surface area (TPSA) is 171 Å². The molecule has 0 bridgehead atoms. The van der Waals surface area contributed by atoms with E-state index in [0.29, 0.717) is 51.6 Å². The molecule has 0 saturated carbocycles. The maximum absolute atomic E-state index is 14.8. The number of nitrogens with one attached hydrogen (secondary N) is 2. The summed E-state index contributed by atoms with van der Waals surface area (Å²) >= 11 is 1.23. The Hall–Kier alpha value is -8.94. The number of thioether (sulfide) groups is 1. The summed E-state index contributed by atoms with van der Waals surface area (Å²) in [5.74, 6) is -4.28. The van der Waals surface area contributed by atoms with E-state index in [0.717, 1.165) is 61.7 Å². The Balaban J connectivity index is 0.000000188. The van der Waals surface area contributed by atoms with Crippen molar-refractivity contribution in [3.05, 3.63) is 235 Å². The molecule has 386 valence electrons. The van der Waals surface area contributed by atoms with Crippen LogP contribution in [0.25, 0.3) is 56.0 Å². The fraction of sp³-hybridized carbons (Fsp3) is 0.103. The van der Waals surface area contributed by atoms with Crippen LogP contribution in [0, 0.1) is 37.1 Å². The van der Waals surface area contributed by atoms with Crippen LogP contribution in [0.1, 0.15) is 43.0 Å². The van der Waals surface area contributed by atoms with Crippen molar-refractivity contribution in [1.29, 1.82) is 0 Å². The van der Waals surface area contributed by atoms with E-state index in [1.165, 1.54) is 48.3 Å². The first kappa shape index (κ1) is 52.9. The minimum atomic E-state index is -1.70. The summed E-state index contributed by atoms with van der Waals surface area (Å²) in [4.78, 5) is 69.7. The van der Waals surface area contributed by atoms with Gasteiger partial charge >= 0.3 is 0 Å². The highest BCUT2D eigenvalue weighted by Crippen LogP contribution is 2.34. The van der Waals surface area contributed by atoms with Crippen molar-refractivity contribution in [2.45, 2.75) is 37.2 Å². The van der Waals surface area contributed by atoms with Crippen molar-refractivity contribution in [2.24, 2.45) is 0 Å². The number of hydrogen-bond donors (Lipinski definition) is 2. The van der Waals surface area contributed by atoms with Crippen LogP contribution < -0.4 is 21.8 Å². The first-order valence-electron chi connectivity index (χ1n) is 23.6. The fourth-order valence-corrected chi connectivity index (χ4v) is 9.25. The number of aryl methyl sites for hydroxylation is 2. The lowest BCUT2D eigenvalue weighted by Gasteiger charge is -2.15. The number of benzene rings is 6. The summed E-state index contributed by atoms with van der Waals surface area (Å²) in [6.07, 6.45) is 3.13. The Morgan fingerprint density at radius 1 is 0.532 bits per heavy atom. The number of hydrogen-bond acceptors (Lipinski definition) is 10. The molecule has 77 heavy (non-hydrogen) atoms. The second kappa shape index (κ2) is 22.9. The van der Waals surface area contributed by atoms with E-state index in [-0.39, 0.29) is 39.3 Å². The predicted octanol–water partition coefficient (Wildman–Crippen LogP) is 10.4. The lowest BCUT2D eigenvalue weighted by atomic mass is 9.99. The van der Waals surface area contributed by atoms with Crippen molar-refractivity contribution >= 4 is 56.4 Å². The van der Waals surface area contributed by atoms with Gasteiger partial charge in [-0.25, -0.2) is 37.5 Å². The highest BCUT2D eigenvalue weighted by Gasteiger charge is 2.24. The lowest BCUT2D eigenvalue weighted by Crippen LogP contribution is -2.23. The van der Waals surface area contributed by atoms with Crippen LogP contribution in [-0.2, 0) is 23.9 Å². The minimum absolute atomic E-state index is 0.0641. The van der Waals surface area contributed by atoms with Gasteiger partial charge in [0.15, 0.2) is 16.5 Å². The maximum atomic E-state index is 14.8. The largest absolute Gasteiger partial charge is 0.348 e. The van der Waals surface area contributed by atoms with E-state index in [9.17, 15) is 40.9 Å². The van der Waals surface area contributed by atoms with Gasteiger partial charge in [0, 0.05) is 64.5 Å². The normalized spacial score (nSPS) is 11.5. The zero-order valence-electron chi connectivity index (χ0n) is 41.5. The molecule has 1 atom stereocenters. The van der Waals surface area contributed by atoms with Gasteiger partial charge in [-0.1, -0.05) is 96.7 Å². The number of halogens is 4. The van der Waals surface area contributed by atoms with Gasteiger partial charge in [0.1, 0.15) is 34.6 Å². The zero-order valence-corrected chi connectivity index (χ0v) is 43.1. The number of para-hydroxylation sites is 2. The molecule has 4 heterocycles. The van der Waals surface area contributed by atoms with Gasteiger partial charge < -0.3 is 10.6 Å². The predicted molar refractivity (Wildman–Crippen MR) is 290 cm³/mol. The molecule has 10 rings (SSSR count). The number of fused-ring (bicyclic) bond motifs is 2. The molecule has 0 aliphatic rings. The van der Waals surface area contributed by atoms with Crippen molar-refractivity contribution in [3.8, 4) is 33.9 Å². The quantitative estimate of drug-likeness (QED) is 0.0682. The van der Waals surface area contributed by atoms with E-state index in [1.807, 2.05) is 80.6 Å². The van der Waals surface area contributed by atoms with Crippen molar-refractivity contribution < 1.29 is 31.4 Å². The second-order valence-electron chi connectivity index (χ2n) is 17.4. The summed E-state index contributed by atoms with van der Waals surface area (Å²) in [5.41, 5.74) is 3.59. The van der Waals surface area contributed by atoms with Gasteiger partial charge in [-0.15, -0.1) is 0 Å². The standard InChI is InChI=1S/C29H22F2N4O3S.C29H22F2N4O2S/c1-17-11-12-19(28(37)32-16-18-7-4-3-5-8-18)15-21(17)25-20-13-14-24(36)35(26-22(30)9-6-10-23(26)31)27(20)34-29(33-25)39(2)38;1-17-11-12-19(28(37)32-16-18-7-4-3-5-8-18)15-21(17)25-20-13-14-24(36)35(27(20)34-29(33-25)38-2)26-22(30)9-6-10-23(26)31/h3-15H,16H2,1-2H3,(H,32,37);3-15H,16H2,1-2H3,(H,32,37). The Morgan fingerprint density at radius 2 is 0.948 bits per heavy atom. The molecule has 2 N–H and O–H groups in total. The summed E-state index contributed by atoms with van der Waals surface area (Å²) in [5, 5.41) is 6.68. The molecule has 19 heteroatoms. The molecular weight excluding hydrogens is 1030 g/mol. The average molecular weight is 1070 g/mol. The monoisotopic (exact) mass is 1070 g/mol. The van der Waals surface area contributed by atoms with Crippen molar-refractivity contribution in [2.75, 3.05) is 12.5 Å². The third-order valence-corrected chi connectivity index (χ3v) is 13.6. The van der Waals surface area contributed by atoms with Crippen LogP contribution >= 0.6 is 11.8 Å². The van der Waals surface area contributed by atoms with E-state index in [1.54, 1.807) is 36.6 Å². The fourth-order valence-electron chi connectivity index (χ4n) is 8.46. The zero-order chi connectivity index (χ0) is 54.5. The van der Waals surface area contributed by atoms with Crippen molar-refractivity contribution in [1.82, 2.24) is 39.7 Å². The van der Waals surface area contributed by atoms with Gasteiger partial charge in [-0.05, 0) is 103 Å². The van der Waals surface area contributed by atoms with Crippen LogP contribution in [-0.4, -0.2) is 57.6 Å². The Morgan fingerprint density at radius 3 is 1.36 bits per heavy atom. The second-order valence-corrected chi connectivity index (χ2v) is 19.4. The number of pyridine rings is 2. The number of rotatable bonds is 12. The number of carbonyl (C=O) groups is 2. The van der Waals surface area contributed by atoms with Crippen molar-refractivity contribution in [3.63, 3.8) is 0 Å². The summed E-state index contributed by atoms with van der Waals surface area (Å²) in [6, 6.07) is 41.4. The van der Waals surface area contributed by atoms with Crippen LogP contribution in [0.3, 0.4) is 0 Å². The third-order valence-electron chi connectivity index (χ3n) is 12.3. The average Bonchev–Trinajstić information content (AvgIpc) is 3.45. The van der Waals surface area contributed by atoms with Crippen LogP contribution in [0.2, 0.25) is 0 Å². The molecule has 2 amide bonds. The Kier molecular flexibility index (Phi) is 15.7. The lowest BCUT2D eigenvalue weighted by molar-refractivity contribution is 0.0943. The third kappa shape index (κ3) is 11.2. The molecule has 4 aromatic heterocycles. The molecule has 0 aliphatic carbocycles. The van der Waals surface area contributed by atoms with Gasteiger partial charge in [0.2, 0.25) is 5.16 Å². The molecular formula is C58H44F4N8O5S2. The summed E-state index contributed by atoms with van der Waals surface area (Å²) in [7, 11) is -1.70. The number of nitrogens with zero attached hydrogens (tertiary/aromatic N) is 6. The smallest absolute Gasteiger partial charge is 0.256 e. The van der Waals surface area contributed by atoms with Gasteiger partial charge in [0.05, 0.1) is 22.2 Å². The molecule has 0 saturated heterocycles. The highest BCUT2D eigenvalue weighted by atomic mass is 32.2. The van der Waals surface area contributed by atoms with Crippen LogP contribution in [0.15, 0.2) is 178 Å². The summed E-state index contributed by atoms with van der Waals surface area (Å²) < 4.78 is 73.3. The van der Waals surface area contributed by atoms with Crippen LogP contribution in [0.4, 0.5) is 17.6 Å². The maximum Gasteiger partial charge on any atom is 0.256 e. The molecule has 10 aromatic rings. The Labute approximate surface area is 444 Å². The molecule has 0 aliphatic heterocycles. The first-order valence-corrected chi connectivity index (χ1v) is 26.4. The summed E-state index contributed by atoms with van der Waals surface area (Å²) in [6.45, 7) is 4.39. The number of aromatic nitrogens is 6. The molecule has 6 aromatic carbocycles. The van der Waals surface area contributed by atoms with Gasteiger partial charge in [-0.2, -0.15) is 0 Å². The van der Waals surface area contributed by atoms with Gasteiger partial charge in [0.25, 0.3) is 22.9 Å². The SMILES string of the molecule is CSc1nc(-c2cc(C(=O)NCc3ccccc3)ccc2C)c2ccc(=O)n(-c3c(F)cccc3F)c2n1.Cc1ccc(C(=O)NCc2ccccc2)cc1-c1nc(S(C)=O)nc2c1ccc(=O)n2-c1c(F)cccc1F. The molecule has 0 spiro atoms. The molecule has 0 fully saturated rings. The van der Waals surface area contributed by atoms with E-state index in [4.69, 9.17) is 0 Å². The van der Waals surface area contributed by atoms with E-state index >= 15 is 0 Å². The molecule has 1 unspecified atom stereocenters. The van der Waals surface area contributed by atoms with Crippen LogP contribution in [0.5, 0.6) is 0 Å². The molecule has 0 radical (unpaired) electrons. The van der Waals surface area contributed by atoms with E-state index < -0.39 is 56.6 Å².